The molecule has 2 rings (SSSR count). The molecule has 0 saturated carbocycles. The highest BCUT2D eigenvalue weighted by Crippen LogP contribution is 2.23. The molecule has 5 heteroatoms. The van der Waals surface area contributed by atoms with Crippen LogP contribution in [0.3, 0.4) is 0 Å². The minimum atomic E-state index is -0.494. The molecule has 1 aromatic heterocycles. The summed E-state index contributed by atoms with van der Waals surface area (Å²) in [6, 6.07) is 4.26. The minimum Gasteiger partial charge on any atom is -0.454 e. The Bertz CT molecular complexity index is 428. The van der Waals surface area contributed by atoms with Crippen molar-refractivity contribution in [2.75, 3.05) is 5.73 Å². The lowest BCUT2D eigenvalue weighted by Crippen LogP contribution is -1.90. The number of nitrogen functional groups attached to an aromatic ring is 1. The topological polar surface area (TPSA) is 63.9 Å². The molecule has 4 nitrogen and oxygen atoms in total. The predicted octanol–water partition coefficient (Wildman–Crippen LogP) is 1.92. The first kappa shape index (κ1) is 8.55. The van der Waals surface area contributed by atoms with Gasteiger partial charge in [0.05, 0.1) is 18.1 Å². The summed E-state index contributed by atoms with van der Waals surface area (Å²) in [7, 11) is 0. The molecule has 0 fully saturated rings. The van der Waals surface area contributed by atoms with E-state index >= 15 is 0 Å². The number of halogens is 1. The van der Waals surface area contributed by atoms with Gasteiger partial charge in [0, 0.05) is 6.07 Å². The maximum absolute atomic E-state index is 13.0. The van der Waals surface area contributed by atoms with Crippen LogP contribution in [0.2, 0.25) is 0 Å². The van der Waals surface area contributed by atoms with Crippen LogP contribution in [0.25, 0.3) is 0 Å². The zero-order valence-corrected chi connectivity index (χ0v) is 7.20. The number of nitrogens with one attached hydrogen (secondary N) is 1. The number of anilines is 1. The highest BCUT2D eigenvalue weighted by molar-refractivity contribution is 5.44. The van der Waals surface area contributed by atoms with Crippen LogP contribution in [-0.2, 0) is 0 Å². The third kappa shape index (κ3) is 1.66. The number of benzene rings is 1. The molecule has 0 bridgehead atoms. The summed E-state index contributed by atoms with van der Waals surface area (Å²) >= 11 is 0. The Balaban J connectivity index is 2.22. The number of nitrogens with two attached hydrogens (primary N) is 1. The van der Waals surface area contributed by atoms with E-state index in [1.165, 1.54) is 18.3 Å². The number of hydrogen-bond donors (Lipinski definition) is 2. The van der Waals surface area contributed by atoms with E-state index in [0.29, 0.717) is 11.5 Å². The average Bonchev–Trinajstić information content (AvgIpc) is 2.64. The molecule has 3 N–H and O–H groups in total. The molecular weight excluding hydrogens is 185 g/mol. The van der Waals surface area contributed by atoms with Crippen molar-refractivity contribution in [1.82, 2.24) is 10.2 Å². The van der Waals surface area contributed by atoms with E-state index < -0.39 is 5.82 Å². The summed E-state index contributed by atoms with van der Waals surface area (Å²) in [4.78, 5) is 0. The number of ether oxygens (including phenoxy) is 1. The number of hydrogen-bond acceptors (Lipinski definition) is 3. The maximum Gasteiger partial charge on any atom is 0.165 e. The van der Waals surface area contributed by atoms with E-state index in [1.54, 1.807) is 12.3 Å². The van der Waals surface area contributed by atoms with Crippen LogP contribution in [0.4, 0.5) is 10.1 Å². The molecule has 72 valence electrons. The molecule has 1 heterocycles. The van der Waals surface area contributed by atoms with E-state index in [0.717, 1.165) is 0 Å². The molecular formula is C9H8FN3O. The summed E-state index contributed by atoms with van der Waals surface area (Å²) < 4.78 is 18.2. The zero-order chi connectivity index (χ0) is 9.97. The van der Waals surface area contributed by atoms with Gasteiger partial charge in [-0.3, -0.25) is 5.10 Å². The number of aromatic amines is 1. The van der Waals surface area contributed by atoms with Gasteiger partial charge in [-0.15, -0.1) is 0 Å². The Morgan fingerprint density at radius 2 is 2.21 bits per heavy atom. The summed E-state index contributed by atoms with van der Waals surface area (Å²) in [5.41, 5.74) is 5.41. The van der Waals surface area contributed by atoms with Crippen molar-refractivity contribution in [2.45, 2.75) is 0 Å². The molecule has 0 aliphatic rings. The lowest BCUT2D eigenvalue weighted by atomic mass is 10.3. The van der Waals surface area contributed by atoms with Gasteiger partial charge >= 0.3 is 0 Å². The lowest BCUT2D eigenvalue weighted by molar-refractivity contribution is 0.477. The van der Waals surface area contributed by atoms with Crippen LogP contribution in [-0.4, -0.2) is 10.2 Å². The molecule has 0 amide bonds. The normalized spacial score (nSPS) is 10.1. The third-order valence-electron chi connectivity index (χ3n) is 1.68. The molecule has 0 unspecified atom stereocenters. The van der Waals surface area contributed by atoms with E-state index in [-0.39, 0.29) is 5.69 Å². The van der Waals surface area contributed by atoms with Crippen LogP contribution in [0.5, 0.6) is 11.5 Å². The van der Waals surface area contributed by atoms with Crippen molar-refractivity contribution >= 4 is 5.69 Å². The Morgan fingerprint density at radius 3 is 2.86 bits per heavy atom. The second-order valence-corrected chi connectivity index (χ2v) is 2.72. The summed E-state index contributed by atoms with van der Waals surface area (Å²) in [6.45, 7) is 0. The molecule has 1 aromatic carbocycles. The van der Waals surface area contributed by atoms with Gasteiger partial charge in [0.2, 0.25) is 0 Å². The van der Waals surface area contributed by atoms with Crippen molar-refractivity contribution in [3.63, 3.8) is 0 Å². The number of rotatable bonds is 2. The fourth-order valence-electron chi connectivity index (χ4n) is 1.00. The van der Waals surface area contributed by atoms with Crippen molar-refractivity contribution in [2.24, 2.45) is 0 Å². The highest BCUT2D eigenvalue weighted by Gasteiger charge is 2.02. The Kier molecular flexibility index (Phi) is 2.06. The van der Waals surface area contributed by atoms with E-state index in [9.17, 15) is 4.39 Å². The van der Waals surface area contributed by atoms with E-state index in [4.69, 9.17) is 10.5 Å². The second kappa shape index (κ2) is 3.37. The van der Waals surface area contributed by atoms with E-state index in [1.807, 2.05) is 0 Å². The van der Waals surface area contributed by atoms with Gasteiger partial charge in [-0.1, -0.05) is 0 Å². The quantitative estimate of drug-likeness (QED) is 0.716. The molecule has 0 spiro atoms. The van der Waals surface area contributed by atoms with Gasteiger partial charge < -0.3 is 10.5 Å². The smallest absolute Gasteiger partial charge is 0.165 e. The lowest BCUT2D eigenvalue weighted by Gasteiger charge is -2.03. The first-order valence-corrected chi connectivity index (χ1v) is 3.97. The van der Waals surface area contributed by atoms with Crippen LogP contribution in [0.15, 0.2) is 30.6 Å². The highest BCUT2D eigenvalue weighted by atomic mass is 19.1. The predicted molar refractivity (Wildman–Crippen MR) is 49.5 cm³/mol. The summed E-state index contributed by atoms with van der Waals surface area (Å²) in [5.74, 6) is 0.415. The Hall–Kier alpha value is -2.04. The monoisotopic (exact) mass is 193 g/mol. The first-order chi connectivity index (χ1) is 6.75. The van der Waals surface area contributed by atoms with Crippen molar-refractivity contribution in [3.05, 3.63) is 36.4 Å². The number of H-pyrrole nitrogens is 1. The van der Waals surface area contributed by atoms with Gasteiger partial charge in [-0.05, 0) is 12.1 Å². The zero-order valence-electron chi connectivity index (χ0n) is 7.20. The molecule has 0 saturated heterocycles. The van der Waals surface area contributed by atoms with Gasteiger partial charge in [-0.2, -0.15) is 5.10 Å². The third-order valence-corrected chi connectivity index (χ3v) is 1.68. The van der Waals surface area contributed by atoms with Crippen LogP contribution in [0.1, 0.15) is 0 Å². The summed E-state index contributed by atoms with van der Waals surface area (Å²) in [6.07, 6.45) is 3.06. The second-order valence-electron chi connectivity index (χ2n) is 2.72. The number of aromatic nitrogens is 2. The largest absolute Gasteiger partial charge is 0.454 e. The fourth-order valence-corrected chi connectivity index (χ4v) is 1.00. The van der Waals surface area contributed by atoms with Gasteiger partial charge in [0.25, 0.3) is 0 Å². The standard InChI is InChI=1S/C9H8FN3O/c10-8-3-6(1-2-9(8)11)14-7-4-12-13-5-7/h1-5H,11H2,(H,12,13). The SMILES string of the molecule is Nc1ccc(Oc2cn[nH]c2)cc1F. The Labute approximate surface area is 79.5 Å². The maximum atomic E-state index is 13.0. The van der Waals surface area contributed by atoms with Crippen LogP contribution >= 0.6 is 0 Å². The minimum absolute atomic E-state index is 0.101. The average molecular weight is 193 g/mol. The molecule has 2 aromatic rings. The number of nitrogens with zero attached hydrogens (tertiary/aromatic N) is 1. The van der Waals surface area contributed by atoms with Gasteiger partial charge in [0.15, 0.2) is 5.75 Å². The summed E-state index contributed by atoms with van der Waals surface area (Å²) in [5, 5.41) is 6.27. The Morgan fingerprint density at radius 1 is 1.36 bits per heavy atom. The van der Waals surface area contributed by atoms with Crippen LogP contribution < -0.4 is 10.5 Å². The molecule has 0 aliphatic carbocycles. The van der Waals surface area contributed by atoms with Crippen LogP contribution in [0, 0.1) is 5.82 Å². The molecule has 14 heavy (non-hydrogen) atoms. The first-order valence-electron chi connectivity index (χ1n) is 3.97. The van der Waals surface area contributed by atoms with Crippen molar-refractivity contribution in [1.29, 1.82) is 0 Å². The van der Waals surface area contributed by atoms with Crippen molar-refractivity contribution in [3.8, 4) is 11.5 Å². The molecule has 0 aliphatic heterocycles. The van der Waals surface area contributed by atoms with Gasteiger partial charge in [-0.25, -0.2) is 4.39 Å². The van der Waals surface area contributed by atoms with E-state index in [2.05, 4.69) is 10.2 Å². The van der Waals surface area contributed by atoms with Crippen molar-refractivity contribution < 1.29 is 9.13 Å². The fraction of sp³-hybridized carbons (Fsp3) is 0. The molecule has 0 atom stereocenters. The molecule has 0 radical (unpaired) electrons. The van der Waals surface area contributed by atoms with Gasteiger partial charge in [0.1, 0.15) is 11.6 Å².